The van der Waals surface area contributed by atoms with Gasteiger partial charge >= 0.3 is 0 Å². The van der Waals surface area contributed by atoms with Gasteiger partial charge in [-0.15, -0.1) is 0 Å². The van der Waals surface area contributed by atoms with Gasteiger partial charge in [0.1, 0.15) is 5.76 Å². The van der Waals surface area contributed by atoms with Crippen LogP contribution in [0.4, 0.5) is 5.69 Å². The molecule has 0 fully saturated rings. The van der Waals surface area contributed by atoms with Crippen LogP contribution in [0.5, 0.6) is 0 Å². The molecular formula is C15H18N2O2. The number of para-hydroxylation sites is 1. The Hall–Kier alpha value is -2.07. The molecule has 1 aromatic heterocycles. The van der Waals surface area contributed by atoms with E-state index in [1.165, 1.54) is 0 Å². The molecule has 1 heterocycles. The van der Waals surface area contributed by atoms with Crippen molar-refractivity contribution in [3.8, 4) is 0 Å². The van der Waals surface area contributed by atoms with Crippen LogP contribution in [0, 0.1) is 0 Å². The number of anilines is 1. The molecule has 19 heavy (non-hydrogen) atoms. The zero-order valence-corrected chi connectivity index (χ0v) is 11.0. The molecule has 0 saturated carbocycles. The molecule has 100 valence electrons. The van der Waals surface area contributed by atoms with Crippen molar-refractivity contribution in [2.45, 2.75) is 19.9 Å². The first-order valence-corrected chi connectivity index (χ1v) is 6.40. The number of furan rings is 1. The lowest BCUT2D eigenvalue weighted by Gasteiger charge is -2.09. The second kappa shape index (κ2) is 6.75. The molecule has 0 radical (unpaired) electrons. The first kappa shape index (κ1) is 13.4. The molecule has 2 N–H and O–H groups in total. The van der Waals surface area contributed by atoms with Crippen molar-refractivity contribution < 1.29 is 9.21 Å². The van der Waals surface area contributed by atoms with E-state index in [9.17, 15) is 4.79 Å². The molecule has 0 saturated heterocycles. The molecule has 2 aromatic rings. The van der Waals surface area contributed by atoms with Gasteiger partial charge in [0, 0.05) is 5.69 Å². The minimum Gasteiger partial charge on any atom is -0.468 e. The van der Waals surface area contributed by atoms with Gasteiger partial charge in [0.15, 0.2) is 0 Å². The molecule has 0 aliphatic heterocycles. The second-order valence-corrected chi connectivity index (χ2v) is 4.24. The molecule has 4 heteroatoms. The first-order valence-electron chi connectivity index (χ1n) is 6.40. The number of carbonyl (C=O) groups excluding carboxylic acids is 1. The average Bonchev–Trinajstić information content (AvgIpc) is 2.92. The number of hydrogen-bond donors (Lipinski definition) is 2. The third-order valence-corrected chi connectivity index (χ3v) is 2.84. The summed E-state index contributed by atoms with van der Waals surface area (Å²) in [6.07, 6.45) is 2.52. The SMILES string of the molecule is CCc1ccccc1NC(=O)CNCc1ccco1. The van der Waals surface area contributed by atoms with E-state index in [0.717, 1.165) is 23.4 Å². The van der Waals surface area contributed by atoms with Crippen LogP contribution >= 0.6 is 0 Å². The highest BCUT2D eigenvalue weighted by Crippen LogP contribution is 2.14. The van der Waals surface area contributed by atoms with Crippen molar-refractivity contribution in [2.75, 3.05) is 11.9 Å². The van der Waals surface area contributed by atoms with Gasteiger partial charge in [-0.25, -0.2) is 0 Å². The lowest BCUT2D eigenvalue weighted by Crippen LogP contribution is -2.27. The molecule has 0 unspecified atom stereocenters. The van der Waals surface area contributed by atoms with Crippen molar-refractivity contribution in [2.24, 2.45) is 0 Å². The summed E-state index contributed by atoms with van der Waals surface area (Å²) in [4.78, 5) is 11.8. The molecule has 2 rings (SSSR count). The number of rotatable bonds is 6. The fraction of sp³-hybridized carbons (Fsp3) is 0.267. The molecule has 0 spiro atoms. The Morgan fingerprint density at radius 3 is 2.79 bits per heavy atom. The van der Waals surface area contributed by atoms with Crippen molar-refractivity contribution in [3.05, 3.63) is 54.0 Å². The maximum Gasteiger partial charge on any atom is 0.238 e. The molecule has 1 amide bonds. The van der Waals surface area contributed by atoms with Gasteiger partial charge in [-0.1, -0.05) is 25.1 Å². The van der Waals surface area contributed by atoms with E-state index in [1.54, 1.807) is 6.26 Å². The largest absolute Gasteiger partial charge is 0.468 e. The zero-order valence-electron chi connectivity index (χ0n) is 11.0. The van der Waals surface area contributed by atoms with Crippen molar-refractivity contribution in [1.82, 2.24) is 5.32 Å². The van der Waals surface area contributed by atoms with E-state index in [4.69, 9.17) is 4.42 Å². The highest BCUT2D eigenvalue weighted by Gasteiger charge is 2.05. The second-order valence-electron chi connectivity index (χ2n) is 4.24. The Balaban J connectivity index is 1.80. The van der Waals surface area contributed by atoms with Crippen LogP contribution < -0.4 is 10.6 Å². The minimum atomic E-state index is -0.0487. The summed E-state index contributed by atoms with van der Waals surface area (Å²) in [7, 11) is 0. The molecule has 0 aliphatic carbocycles. The normalized spacial score (nSPS) is 10.4. The Kier molecular flexibility index (Phi) is 4.75. The van der Waals surface area contributed by atoms with Crippen molar-refractivity contribution >= 4 is 11.6 Å². The Morgan fingerprint density at radius 2 is 2.05 bits per heavy atom. The minimum absolute atomic E-state index is 0.0487. The van der Waals surface area contributed by atoms with Crippen LogP contribution in [-0.4, -0.2) is 12.5 Å². The third kappa shape index (κ3) is 3.96. The van der Waals surface area contributed by atoms with E-state index in [2.05, 4.69) is 17.6 Å². The Bertz CT molecular complexity index is 521. The van der Waals surface area contributed by atoms with Crippen LogP contribution in [0.15, 0.2) is 47.1 Å². The van der Waals surface area contributed by atoms with Gasteiger partial charge in [0.2, 0.25) is 5.91 Å². The van der Waals surface area contributed by atoms with Crippen molar-refractivity contribution in [3.63, 3.8) is 0 Å². The first-order chi connectivity index (χ1) is 9.29. The molecule has 4 nitrogen and oxygen atoms in total. The predicted molar refractivity (Wildman–Crippen MR) is 74.9 cm³/mol. The molecule has 0 atom stereocenters. The van der Waals surface area contributed by atoms with Gasteiger partial charge in [-0.3, -0.25) is 4.79 Å². The van der Waals surface area contributed by atoms with Crippen LogP contribution in [0.2, 0.25) is 0 Å². The van der Waals surface area contributed by atoms with Gasteiger partial charge in [0.05, 0.1) is 19.4 Å². The van der Waals surface area contributed by atoms with E-state index in [1.807, 2.05) is 36.4 Å². The lowest BCUT2D eigenvalue weighted by atomic mass is 10.1. The van der Waals surface area contributed by atoms with Crippen LogP contribution in [0.25, 0.3) is 0 Å². The van der Waals surface area contributed by atoms with Gasteiger partial charge < -0.3 is 15.1 Å². The summed E-state index contributed by atoms with van der Waals surface area (Å²) in [6, 6.07) is 11.5. The predicted octanol–water partition coefficient (Wildman–Crippen LogP) is 2.57. The topological polar surface area (TPSA) is 54.3 Å². The van der Waals surface area contributed by atoms with Crippen LogP contribution in [0.3, 0.4) is 0 Å². The lowest BCUT2D eigenvalue weighted by molar-refractivity contribution is -0.115. The maximum atomic E-state index is 11.8. The summed E-state index contributed by atoms with van der Waals surface area (Å²) < 4.78 is 5.18. The number of aryl methyl sites for hydroxylation is 1. The van der Waals surface area contributed by atoms with Gasteiger partial charge in [0.25, 0.3) is 0 Å². The fourth-order valence-electron chi connectivity index (χ4n) is 1.86. The highest BCUT2D eigenvalue weighted by molar-refractivity contribution is 5.92. The molecule has 1 aromatic carbocycles. The molecular weight excluding hydrogens is 240 g/mol. The molecule has 0 bridgehead atoms. The quantitative estimate of drug-likeness (QED) is 0.837. The van der Waals surface area contributed by atoms with E-state index in [-0.39, 0.29) is 12.5 Å². The number of nitrogens with one attached hydrogen (secondary N) is 2. The summed E-state index contributed by atoms with van der Waals surface area (Å²) >= 11 is 0. The zero-order chi connectivity index (χ0) is 13.5. The number of amides is 1. The smallest absolute Gasteiger partial charge is 0.238 e. The Morgan fingerprint density at radius 1 is 1.21 bits per heavy atom. The summed E-state index contributed by atoms with van der Waals surface area (Å²) in [5, 5.41) is 5.95. The highest BCUT2D eigenvalue weighted by atomic mass is 16.3. The van der Waals surface area contributed by atoms with Crippen molar-refractivity contribution in [1.29, 1.82) is 0 Å². The van der Waals surface area contributed by atoms with E-state index in [0.29, 0.717) is 6.54 Å². The Labute approximate surface area is 112 Å². The van der Waals surface area contributed by atoms with Gasteiger partial charge in [-0.05, 0) is 30.2 Å². The summed E-state index contributed by atoms with van der Waals surface area (Å²) in [6.45, 7) is 2.88. The standard InChI is InChI=1S/C15H18N2O2/c1-2-12-6-3-4-8-14(12)17-15(18)11-16-10-13-7-5-9-19-13/h3-9,16H,2,10-11H2,1H3,(H,17,18). The average molecular weight is 258 g/mol. The number of carbonyl (C=O) groups is 1. The van der Waals surface area contributed by atoms with E-state index >= 15 is 0 Å². The number of hydrogen-bond acceptors (Lipinski definition) is 3. The van der Waals surface area contributed by atoms with Gasteiger partial charge in [-0.2, -0.15) is 0 Å². The summed E-state index contributed by atoms with van der Waals surface area (Å²) in [5.41, 5.74) is 2.02. The number of benzene rings is 1. The maximum absolute atomic E-state index is 11.8. The fourth-order valence-corrected chi connectivity index (χ4v) is 1.86. The van der Waals surface area contributed by atoms with Crippen LogP contribution in [-0.2, 0) is 17.8 Å². The van der Waals surface area contributed by atoms with E-state index < -0.39 is 0 Å². The summed E-state index contributed by atoms with van der Waals surface area (Å²) in [5.74, 6) is 0.772. The third-order valence-electron chi connectivity index (χ3n) is 2.84. The van der Waals surface area contributed by atoms with Crippen LogP contribution in [0.1, 0.15) is 18.2 Å². The molecule has 0 aliphatic rings. The monoisotopic (exact) mass is 258 g/mol.